The molecule has 0 aromatic heterocycles. The van der Waals surface area contributed by atoms with Crippen LogP contribution >= 0.6 is 0 Å². The molecule has 1 aromatic rings. The number of hydrogen-bond donors (Lipinski definition) is 2. The fourth-order valence-electron chi connectivity index (χ4n) is 2.47. The van der Waals surface area contributed by atoms with Gasteiger partial charge in [0.1, 0.15) is 12.1 Å². The summed E-state index contributed by atoms with van der Waals surface area (Å²) in [6, 6.07) is 4.35. The summed E-state index contributed by atoms with van der Waals surface area (Å²) < 4.78 is 9.40. The molecule has 0 saturated heterocycles. The zero-order valence-corrected chi connectivity index (χ0v) is 17.1. The van der Waals surface area contributed by atoms with Crippen molar-refractivity contribution >= 4 is 23.8 Å². The molecule has 0 fully saturated rings. The molecule has 0 aliphatic carbocycles. The number of carbonyl (C=O) groups excluding carboxylic acids is 4. The predicted octanol–water partition coefficient (Wildman–Crippen LogP) is 1.54. The highest BCUT2D eigenvalue weighted by Gasteiger charge is 2.27. The molecule has 1 aromatic carbocycles. The molecule has 0 saturated carbocycles. The Bertz CT molecular complexity index is 651. The van der Waals surface area contributed by atoms with E-state index >= 15 is 0 Å². The number of benzene rings is 1. The molecule has 0 aliphatic rings. The molecule has 8 heteroatoms. The van der Waals surface area contributed by atoms with Crippen LogP contribution in [-0.2, 0) is 19.1 Å². The van der Waals surface area contributed by atoms with E-state index in [1.165, 1.54) is 38.5 Å². The zero-order valence-electron chi connectivity index (χ0n) is 17.1. The third kappa shape index (κ3) is 6.07. The van der Waals surface area contributed by atoms with Gasteiger partial charge in [0.25, 0.3) is 11.8 Å². The molecule has 2 N–H and O–H groups in total. The highest BCUT2D eigenvalue weighted by atomic mass is 16.5. The van der Waals surface area contributed by atoms with Crippen molar-refractivity contribution in [2.45, 2.75) is 39.8 Å². The SMILES string of the molecule is COC(=O)[C@H](NC(=O)c1ccc(C(=O)N[C@@H](C(=O)OC)C(C)C)cc1)C(C)C. The van der Waals surface area contributed by atoms with Crippen molar-refractivity contribution in [3.63, 3.8) is 0 Å². The topological polar surface area (TPSA) is 111 Å². The minimum atomic E-state index is -0.771. The average Bonchev–Trinajstić information content (AvgIpc) is 2.68. The number of methoxy groups -OCH3 is 2. The maximum absolute atomic E-state index is 12.4. The lowest BCUT2D eigenvalue weighted by atomic mass is 10.0. The number of esters is 2. The van der Waals surface area contributed by atoms with Gasteiger partial charge in [0.2, 0.25) is 0 Å². The predicted molar refractivity (Wildman–Crippen MR) is 103 cm³/mol. The summed E-state index contributed by atoms with van der Waals surface area (Å²) in [5.41, 5.74) is 0.582. The van der Waals surface area contributed by atoms with Gasteiger partial charge < -0.3 is 20.1 Å². The third-order valence-electron chi connectivity index (χ3n) is 4.23. The summed E-state index contributed by atoms with van der Waals surface area (Å²) in [5, 5.41) is 5.25. The Hall–Kier alpha value is -2.90. The summed E-state index contributed by atoms with van der Waals surface area (Å²) in [6.07, 6.45) is 0. The fourth-order valence-corrected chi connectivity index (χ4v) is 2.47. The molecule has 0 unspecified atom stereocenters. The lowest BCUT2D eigenvalue weighted by molar-refractivity contribution is -0.144. The molecular weight excluding hydrogens is 364 g/mol. The summed E-state index contributed by atoms with van der Waals surface area (Å²) in [6.45, 7) is 7.17. The number of ether oxygens (including phenoxy) is 2. The van der Waals surface area contributed by atoms with Gasteiger partial charge in [0, 0.05) is 11.1 Å². The molecule has 0 spiro atoms. The van der Waals surface area contributed by atoms with Crippen LogP contribution in [0, 0.1) is 11.8 Å². The van der Waals surface area contributed by atoms with Gasteiger partial charge in [-0.25, -0.2) is 9.59 Å². The van der Waals surface area contributed by atoms with Gasteiger partial charge in [0.05, 0.1) is 14.2 Å². The van der Waals surface area contributed by atoms with Gasteiger partial charge in [0.15, 0.2) is 0 Å². The first kappa shape index (κ1) is 23.1. The molecule has 28 heavy (non-hydrogen) atoms. The second-order valence-electron chi connectivity index (χ2n) is 7.01. The van der Waals surface area contributed by atoms with Crippen LogP contribution in [0.5, 0.6) is 0 Å². The minimum Gasteiger partial charge on any atom is -0.467 e. The monoisotopic (exact) mass is 392 g/mol. The van der Waals surface area contributed by atoms with Gasteiger partial charge >= 0.3 is 11.9 Å². The maximum atomic E-state index is 12.4. The van der Waals surface area contributed by atoms with E-state index in [0.29, 0.717) is 11.1 Å². The first-order valence-electron chi connectivity index (χ1n) is 8.99. The van der Waals surface area contributed by atoms with Crippen LogP contribution in [0.3, 0.4) is 0 Å². The highest BCUT2D eigenvalue weighted by Crippen LogP contribution is 2.10. The van der Waals surface area contributed by atoms with Gasteiger partial charge in [-0.2, -0.15) is 0 Å². The van der Waals surface area contributed by atoms with Crippen LogP contribution in [0.25, 0.3) is 0 Å². The van der Waals surface area contributed by atoms with E-state index in [4.69, 9.17) is 9.47 Å². The Kier molecular flexibility index (Phi) is 8.63. The molecule has 0 aliphatic heterocycles. The van der Waals surface area contributed by atoms with E-state index in [9.17, 15) is 19.2 Å². The molecular formula is C20H28N2O6. The van der Waals surface area contributed by atoms with E-state index < -0.39 is 35.8 Å². The van der Waals surface area contributed by atoms with Crippen molar-refractivity contribution in [1.82, 2.24) is 10.6 Å². The van der Waals surface area contributed by atoms with Crippen LogP contribution < -0.4 is 10.6 Å². The van der Waals surface area contributed by atoms with Crippen molar-refractivity contribution in [3.8, 4) is 0 Å². The second kappa shape index (κ2) is 10.4. The number of rotatable bonds is 8. The van der Waals surface area contributed by atoms with Gasteiger partial charge in [-0.3, -0.25) is 9.59 Å². The summed E-state index contributed by atoms with van der Waals surface area (Å²) in [5.74, 6) is -2.25. The lowest BCUT2D eigenvalue weighted by Crippen LogP contribution is -2.45. The average molecular weight is 392 g/mol. The van der Waals surface area contributed by atoms with E-state index in [0.717, 1.165) is 0 Å². The Labute approximate surface area is 165 Å². The minimum absolute atomic E-state index is 0.146. The van der Waals surface area contributed by atoms with E-state index in [1.807, 2.05) is 0 Å². The highest BCUT2D eigenvalue weighted by molar-refractivity contribution is 6.00. The summed E-state index contributed by atoms with van der Waals surface area (Å²) in [7, 11) is 2.52. The lowest BCUT2D eigenvalue weighted by Gasteiger charge is -2.20. The quantitative estimate of drug-likeness (QED) is 0.649. The molecule has 0 heterocycles. The molecule has 2 amide bonds. The number of amides is 2. The van der Waals surface area contributed by atoms with Crippen molar-refractivity contribution in [2.24, 2.45) is 11.8 Å². The largest absolute Gasteiger partial charge is 0.467 e. The van der Waals surface area contributed by atoms with Crippen LogP contribution in [0.15, 0.2) is 24.3 Å². The van der Waals surface area contributed by atoms with Crippen LogP contribution in [0.1, 0.15) is 48.4 Å². The zero-order chi connectivity index (χ0) is 21.4. The Morgan fingerprint density at radius 3 is 1.18 bits per heavy atom. The van der Waals surface area contributed by atoms with Crippen LogP contribution in [0.2, 0.25) is 0 Å². The molecule has 2 atom stereocenters. The fraction of sp³-hybridized carbons (Fsp3) is 0.500. The molecule has 8 nitrogen and oxygen atoms in total. The number of hydrogen-bond acceptors (Lipinski definition) is 6. The van der Waals surface area contributed by atoms with Crippen LogP contribution in [0.4, 0.5) is 0 Å². The smallest absolute Gasteiger partial charge is 0.328 e. The summed E-state index contributed by atoms with van der Waals surface area (Å²) in [4.78, 5) is 48.3. The van der Waals surface area contributed by atoms with Gasteiger partial charge in [-0.15, -0.1) is 0 Å². The number of nitrogens with one attached hydrogen (secondary N) is 2. The first-order chi connectivity index (χ1) is 13.1. The number of carbonyl (C=O) groups is 4. The first-order valence-corrected chi connectivity index (χ1v) is 8.99. The van der Waals surface area contributed by atoms with Crippen LogP contribution in [-0.4, -0.2) is 50.1 Å². The Morgan fingerprint density at radius 1 is 0.679 bits per heavy atom. The molecule has 1 rings (SSSR count). The third-order valence-corrected chi connectivity index (χ3v) is 4.23. The Morgan fingerprint density at radius 2 is 0.964 bits per heavy atom. The Balaban J connectivity index is 2.87. The van der Waals surface area contributed by atoms with Crippen molar-refractivity contribution in [2.75, 3.05) is 14.2 Å². The van der Waals surface area contributed by atoms with Gasteiger partial charge in [-0.05, 0) is 36.1 Å². The van der Waals surface area contributed by atoms with Crippen molar-refractivity contribution in [1.29, 1.82) is 0 Å². The molecule has 0 radical (unpaired) electrons. The normalized spacial score (nSPS) is 12.9. The maximum Gasteiger partial charge on any atom is 0.328 e. The van der Waals surface area contributed by atoms with E-state index in [-0.39, 0.29) is 11.8 Å². The van der Waals surface area contributed by atoms with E-state index in [2.05, 4.69) is 10.6 Å². The molecule has 154 valence electrons. The van der Waals surface area contributed by atoms with Crippen molar-refractivity contribution < 1.29 is 28.7 Å². The summed E-state index contributed by atoms with van der Waals surface area (Å²) >= 11 is 0. The second-order valence-corrected chi connectivity index (χ2v) is 7.01. The molecule has 0 bridgehead atoms. The standard InChI is InChI=1S/C20H28N2O6/c1-11(2)15(19(25)27-5)21-17(23)13-7-9-14(10-8-13)18(24)22-16(12(3)4)20(26)28-6/h7-12,15-16H,1-6H3,(H,21,23)(H,22,24)/t15-,16-/m1/s1. The van der Waals surface area contributed by atoms with Gasteiger partial charge in [-0.1, -0.05) is 27.7 Å². The van der Waals surface area contributed by atoms with Crippen molar-refractivity contribution in [3.05, 3.63) is 35.4 Å². The van der Waals surface area contributed by atoms with E-state index in [1.54, 1.807) is 27.7 Å².